The lowest BCUT2D eigenvalue weighted by atomic mass is 9.95. The summed E-state index contributed by atoms with van der Waals surface area (Å²) in [6, 6.07) is 13.2. The minimum Gasteiger partial charge on any atom is -0.507 e. The maximum atomic E-state index is 13.2. The Morgan fingerprint density at radius 3 is 2.56 bits per heavy atom. The van der Waals surface area contributed by atoms with E-state index in [1.165, 1.54) is 0 Å². The molecule has 180 valence electrons. The Kier molecular flexibility index (Phi) is 7.88. The Bertz CT molecular complexity index is 1060. The maximum Gasteiger partial charge on any atom is 0.295 e. The molecule has 1 atom stereocenters. The Morgan fingerprint density at radius 2 is 1.85 bits per heavy atom. The molecule has 2 aliphatic heterocycles. The maximum absolute atomic E-state index is 13.2. The normalized spacial score (nSPS) is 20.6. The Balaban J connectivity index is 1.68. The zero-order valence-electron chi connectivity index (χ0n) is 19.2. The molecule has 2 aromatic rings. The van der Waals surface area contributed by atoms with Crippen molar-refractivity contribution in [3.05, 3.63) is 70.3 Å². The molecule has 0 aliphatic carbocycles. The van der Waals surface area contributed by atoms with E-state index >= 15 is 0 Å². The molecule has 0 radical (unpaired) electrons. The summed E-state index contributed by atoms with van der Waals surface area (Å²) < 4.78 is 11.1. The molecule has 2 saturated heterocycles. The molecule has 34 heavy (non-hydrogen) atoms. The standard InChI is InChI=1S/C26H29ClN2O5/c1-2-34-21-6-3-5-19(17-21)23-22(24(30)18-7-9-20(27)10-8-18)25(31)26(32)29(23)12-4-11-28-13-15-33-16-14-28/h3,5-10,17,23,30H,2,4,11-16H2,1H3. The molecular weight excluding hydrogens is 456 g/mol. The van der Waals surface area contributed by atoms with Gasteiger partial charge in [-0.1, -0.05) is 23.7 Å². The minimum atomic E-state index is -0.708. The van der Waals surface area contributed by atoms with Crippen LogP contribution in [0.4, 0.5) is 0 Å². The molecule has 0 spiro atoms. The van der Waals surface area contributed by atoms with Gasteiger partial charge in [0.25, 0.3) is 11.7 Å². The second-order valence-electron chi connectivity index (χ2n) is 8.31. The molecule has 0 aromatic heterocycles. The first kappa shape index (κ1) is 24.3. The van der Waals surface area contributed by atoms with Crippen LogP contribution in [0.25, 0.3) is 5.76 Å². The van der Waals surface area contributed by atoms with E-state index in [1.54, 1.807) is 29.2 Å². The number of carbonyl (C=O) groups excluding carboxylic acids is 2. The fourth-order valence-electron chi connectivity index (χ4n) is 4.45. The highest BCUT2D eigenvalue weighted by atomic mass is 35.5. The van der Waals surface area contributed by atoms with Crippen LogP contribution < -0.4 is 4.74 Å². The van der Waals surface area contributed by atoms with Gasteiger partial charge in [0.15, 0.2) is 0 Å². The van der Waals surface area contributed by atoms with Gasteiger partial charge >= 0.3 is 0 Å². The number of Topliss-reactive ketones (excluding diaryl/α,β-unsaturated/α-hetero) is 1. The van der Waals surface area contributed by atoms with Crippen LogP contribution in [0.15, 0.2) is 54.1 Å². The van der Waals surface area contributed by atoms with E-state index in [-0.39, 0.29) is 11.3 Å². The monoisotopic (exact) mass is 484 g/mol. The summed E-state index contributed by atoms with van der Waals surface area (Å²) in [5.74, 6) is -0.863. The third-order valence-electron chi connectivity index (χ3n) is 6.12. The summed E-state index contributed by atoms with van der Waals surface area (Å²) >= 11 is 5.99. The Labute approximate surface area is 204 Å². The average molecular weight is 485 g/mol. The van der Waals surface area contributed by atoms with E-state index in [1.807, 2.05) is 31.2 Å². The van der Waals surface area contributed by atoms with Crippen molar-refractivity contribution < 1.29 is 24.2 Å². The topological polar surface area (TPSA) is 79.3 Å². The van der Waals surface area contributed by atoms with Crippen molar-refractivity contribution >= 4 is 29.1 Å². The Morgan fingerprint density at radius 1 is 1.12 bits per heavy atom. The highest BCUT2D eigenvalue weighted by Gasteiger charge is 2.46. The number of aliphatic hydroxyl groups is 1. The van der Waals surface area contributed by atoms with Crippen LogP contribution in [0, 0.1) is 0 Å². The first-order valence-electron chi connectivity index (χ1n) is 11.6. The van der Waals surface area contributed by atoms with Crippen LogP contribution in [-0.4, -0.2) is 72.6 Å². The SMILES string of the molecule is CCOc1cccc(C2C(=C(O)c3ccc(Cl)cc3)C(=O)C(=O)N2CCCN2CCOCC2)c1. The smallest absolute Gasteiger partial charge is 0.295 e. The number of carbonyl (C=O) groups is 2. The molecule has 8 heteroatoms. The molecule has 2 heterocycles. The van der Waals surface area contributed by atoms with Crippen LogP contribution in [0.1, 0.15) is 30.5 Å². The van der Waals surface area contributed by atoms with Crippen molar-refractivity contribution in [2.75, 3.05) is 46.0 Å². The molecule has 1 N–H and O–H groups in total. The number of aliphatic hydroxyl groups excluding tert-OH is 1. The highest BCUT2D eigenvalue weighted by Crippen LogP contribution is 2.40. The molecule has 2 fully saturated rings. The first-order valence-corrected chi connectivity index (χ1v) is 11.9. The van der Waals surface area contributed by atoms with E-state index in [0.29, 0.717) is 54.7 Å². The number of ether oxygens (including phenoxy) is 2. The van der Waals surface area contributed by atoms with Crippen LogP contribution in [0.3, 0.4) is 0 Å². The van der Waals surface area contributed by atoms with E-state index < -0.39 is 17.7 Å². The highest BCUT2D eigenvalue weighted by molar-refractivity contribution is 6.46. The quantitative estimate of drug-likeness (QED) is 0.348. The molecule has 1 amide bonds. The summed E-state index contributed by atoms with van der Waals surface area (Å²) in [5.41, 5.74) is 1.22. The fraction of sp³-hybridized carbons (Fsp3) is 0.385. The van der Waals surface area contributed by atoms with Gasteiger partial charge in [0.05, 0.1) is 31.4 Å². The van der Waals surface area contributed by atoms with Gasteiger partial charge < -0.3 is 19.5 Å². The van der Waals surface area contributed by atoms with Crippen LogP contribution in [0.2, 0.25) is 5.02 Å². The van der Waals surface area contributed by atoms with Crippen molar-refractivity contribution in [2.45, 2.75) is 19.4 Å². The molecule has 0 bridgehead atoms. The number of halogens is 1. The number of likely N-dealkylation sites (tertiary alicyclic amines) is 1. The second kappa shape index (κ2) is 11.0. The third-order valence-corrected chi connectivity index (χ3v) is 6.37. The van der Waals surface area contributed by atoms with Crippen LogP contribution in [0.5, 0.6) is 5.75 Å². The third kappa shape index (κ3) is 5.27. The minimum absolute atomic E-state index is 0.0762. The van der Waals surface area contributed by atoms with Gasteiger partial charge in [-0.25, -0.2) is 0 Å². The fourth-order valence-corrected chi connectivity index (χ4v) is 4.58. The number of rotatable bonds is 8. The molecule has 4 rings (SSSR count). The number of hydrogen-bond acceptors (Lipinski definition) is 6. The first-order chi connectivity index (χ1) is 16.5. The molecule has 0 saturated carbocycles. The predicted octanol–water partition coefficient (Wildman–Crippen LogP) is 3.88. The van der Waals surface area contributed by atoms with Crippen molar-refractivity contribution in [3.8, 4) is 5.75 Å². The van der Waals surface area contributed by atoms with Crippen molar-refractivity contribution in [1.29, 1.82) is 0 Å². The molecule has 2 aliphatic rings. The van der Waals surface area contributed by atoms with Gasteiger partial charge in [0.2, 0.25) is 0 Å². The lowest BCUT2D eigenvalue weighted by molar-refractivity contribution is -0.140. The van der Waals surface area contributed by atoms with Crippen molar-refractivity contribution in [3.63, 3.8) is 0 Å². The van der Waals surface area contributed by atoms with Gasteiger partial charge in [-0.3, -0.25) is 14.5 Å². The van der Waals surface area contributed by atoms with Crippen molar-refractivity contribution in [1.82, 2.24) is 9.80 Å². The van der Waals surface area contributed by atoms with Gasteiger partial charge in [0, 0.05) is 36.8 Å². The van der Waals surface area contributed by atoms with E-state index in [2.05, 4.69) is 4.90 Å². The van der Waals surface area contributed by atoms with E-state index in [9.17, 15) is 14.7 Å². The molecule has 1 unspecified atom stereocenters. The summed E-state index contributed by atoms with van der Waals surface area (Å²) in [6.07, 6.45) is 0.704. The zero-order chi connectivity index (χ0) is 24.1. The van der Waals surface area contributed by atoms with Gasteiger partial charge in [-0.05, 0) is 55.3 Å². The number of amides is 1. The van der Waals surface area contributed by atoms with Gasteiger partial charge in [-0.15, -0.1) is 0 Å². The molecule has 7 nitrogen and oxygen atoms in total. The lowest BCUT2D eigenvalue weighted by Crippen LogP contribution is -2.38. The number of ketones is 1. The van der Waals surface area contributed by atoms with Crippen LogP contribution in [-0.2, 0) is 14.3 Å². The predicted molar refractivity (Wildman–Crippen MR) is 130 cm³/mol. The number of morpholine rings is 1. The summed E-state index contributed by atoms with van der Waals surface area (Å²) in [7, 11) is 0. The lowest BCUT2D eigenvalue weighted by Gasteiger charge is -2.29. The van der Waals surface area contributed by atoms with E-state index in [4.69, 9.17) is 21.1 Å². The average Bonchev–Trinajstić information content (AvgIpc) is 3.10. The largest absolute Gasteiger partial charge is 0.507 e. The summed E-state index contributed by atoms with van der Waals surface area (Å²) in [5, 5.41) is 11.6. The van der Waals surface area contributed by atoms with Crippen LogP contribution >= 0.6 is 11.6 Å². The van der Waals surface area contributed by atoms with Gasteiger partial charge in [0.1, 0.15) is 11.5 Å². The number of hydrogen-bond donors (Lipinski definition) is 1. The molecule has 2 aromatic carbocycles. The zero-order valence-corrected chi connectivity index (χ0v) is 20.0. The van der Waals surface area contributed by atoms with Crippen molar-refractivity contribution in [2.24, 2.45) is 0 Å². The van der Waals surface area contributed by atoms with E-state index in [0.717, 1.165) is 19.6 Å². The van der Waals surface area contributed by atoms with Gasteiger partial charge in [-0.2, -0.15) is 0 Å². The second-order valence-corrected chi connectivity index (χ2v) is 8.75. The number of benzene rings is 2. The molecular formula is C26H29ClN2O5. The Hall–Kier alpha value is -2.87. The number of nitrogens with zero attached hydrogens (tertiary/aromatic N) is 2. The summed E-state index contributed by atoms with van der Waals surface area (Å²) in [4.78, 5) is 30.1. The summed E-state index contributed by atoms with van der Waals surface area (Å²) in [6.45, 7) is 6.70.